The van der Waals surface area contributed by atoms with Gasteiger partial charge in [-0.25, -0.2) is 0 Å². The first-order chi connectivity index (χ1) is 7.17. The second-order valence-corrected chi connectivity index (χ2v) is 4.13. The quantitative estimate of drug-likeness (QED) is 0.511. The average molecular weight is 218 g/mol. The lowest BCUT2D eigenvalue weighted by molar-refractivity contribution is 0.102. The van der Waals surface area contributed by atoms with Crippen molar-refractivity contribution in [1.29, 1.82) is 0 Å². The number of aliphatic hydroxyl groups excluding tert-OH is 2. The topological polar surface area (TPSA) is 69.7 Å². The largest absolute Gasteiger partial charge is 0.395 e. The molecule has 0 rings (SSSR count). The van der Waals surface area contributed by atoms with Crippen LogP contribution in [-0.4, -0.2) is 54.5 Å². The van der Waals surface area contributed by atoms with Gasteiger partial charge in [-0.2, -0.15) is 0 Å². The van der Waals surface area contributed by atoms with Crippen LogP contribution in [0, 0.1) is 5.41 Å². The first-order valence-corrected chi connectivity index (χ1v) is 5.82. The molecule has 0 saturated carbocycles. The molecule has 0 spiro atoms. The first kappa shape index (κ1) is 14.8. The predicted octanol–water partition coefficient (Wildman–Crippen LogP) is 0.0381. The van der Waals surface area contributed by atoms with Gasteiger partial charge in [-0.3, -0.25) is 4.90 Å². The summed E-state index contributed by atoms with van der Waals surface area (Å²) in [6, 6.07) is 0. The van der Waals surface area contributed by atoms with Crippen LogP contribution in [0.25, 0.3) is 0 Å². The van der Waals surface area contributed by atoms with Crippen LogP contribution in [0.15, 0.2) is 0 Å². The predicted molar refractivity (Wildman–Crippen MR) is 62.7 cm³/mol. The minimum atomic E-state index is 0.129. The zero-order chi connectivity index (χ0) is 11.7. The molecule has 4 nitrogen and oxygen atoms in total. The van der Waals surface area contributed by atoms with Crippen LogP contribution >= 0.6 is 0 Å². The summed E-state index contributed by atoms with van der Waals surface area (Å²) in [5, 5.41) is 17.8. The molecule has 0 atom stereocenters. The fourth-order valence-electron chi connectivity index (χ4n) is 1.85. The molecule has 0 unspecified atom stereocenters. The van der Waals surface area contributed by atoms with E-state index in [9.17, 15) is 0 Å². The molecule has 0 aliphatic heterocycles. The minimum Gasteiger partial charge on any atom is -0.395 e. The van der Waals surface area contributed by atoms with Crippen molar-refractivity contribution >= 4 is 0 Å². The number of rotatable bonds is 9. The fourth-order valence-corrected chi connectivity index (χ4v) is 1.85. The summed E-state index contributed by atoms with van der Waals surface area (Å²) in [6.45, 7) is 7.30. The monoisotopic (exact) mass is 218 g/mol. The molecule has 0 aliphatic carbocycles. The van der Waals surface area contributed by atoms with Gasteiger partial charge in [0, 0.05) is 19.6 Å². The number of hydrogen-bond donors (Lipinski definition) is 3. The number of aliphatic hydroxyl groups is 2. The number of nitrogens with zero attached hydrogens (tertiary/aromatic N) is 1. The molecule has 0 aromatic heterocycles. The summed E-state index contributed by atoms with van der Waals surface area (Å²) in [6.07, 6.45) is 2.07. The zero-order valence-corrected chi connectivity index (χ0v) is 10.1. The molecule has 0 saturated heterocycles. The molecule has 0 aromatic rings. The van der Waals surface area contributed by atoms with Gasteiger partial charge in [0.25, 0.3) is 0 Å². The Morgan fingerprint density at radius 2 is 1.53 bits per heavy atom. The van der Waals surface area contributed by atoms with Crippen molar-refractivity contribution < 1.29 is 10.2 Å². The molecule has 0 radical (unpaired) electrons. The Labute approximate surface area is 93.1 Å². The highest BCUT2D eigenvalue weighted by atomic mass is 16.3. The van der Waals surface area contributed by atoms with E-state index in [0.29, 0.717) is 19.6 Å². The van der Waals surface area contributed by atoms with Gasteiger partial charge in [0.1, 0.15) is 0 Å². The summed E-state index contributed by atoms with van der Waals surface area (Å²) >= 11 is 0. The van der Waals surface area contributed by atoms with Crippen LogP contribution in [0.4, 0.5) is 0 Å². The van der Waals surface area contributed by atoms with E-state index in [4.69, 9.17) is 15.9 Å². The highest BCUT2D eigenvalue weighted by Crippen LogP contribution is 2.25. The van der Waals surface area contributed by atoms with Crippen LogP contribution in [0.1, 0.15) is 26.7 Å². The summed E-state index contributed by atoms with van der Waals surface area (Å²) < 4.78 is 0. The summed E-state index contributed by atoms with van der Waals surface area (Å²) in [4.78, 5) is 2.08. The van der Waals surface area contributed by atoms with Gasteiger partial charge in [-0.05, 0) is 24.8 Å². The van der Waals surface area contributed by atoms with E-state index in [-0.39, 0.29) is 18.6 Å². The Morgan fingerprint density at radius 1 is 1.07 bits per heavy atom. The van der Waals surface area contributed by atoms with Gasteiger partial charge in [-0.1, -0.05) is 13.8 Å². The molecule has 0 amide bonds. The normalized spacial score (nSPS) is 12.4. The third kappa shape index (κ3) is 4.93. The van der Waals surface area contributed by atoms with Crippen LogP contribution in [0.2, 0.25) is 0 Å². The SMILES string of the molecule is CCC(CC)(CN)CN(CCO)CCO. The standard InChI is InChI=1S/C11H26N2O2/c1-3-11(4-2,9-12)10-13(5-7-14)6-8-15/h14-15H,3-10,12H2,1-2H3. The molecule has 4 heteroatoms. The van der Waals surface area contributed by atoms with Crippen LogP contribution in [0.5, 0.6) is 0 Å². The van der Waals surface area contributed by atoms with Crippen molar-refractivity contribution in [3.63, 3.8) is 0 Å². The highest BCUT2D eigenvalue weighted by molar-refractivity contribution is 4.81. The van der Waals surface area contributed by atoms with E-state index in [1.165, 1.54) is 0 Å². The fraction of sp³-hybridized carbons (Fsp3) is 1.00. The van der Waals surface area contributed by atoms with Crippen molar-refractivity contribution in [2.24, 2.45) is 11.1 Å². The van der Waals surface area contributed by atoms with Crippen molar-refractivity contribution in [2.75, 3.05) is 39.4 Å². The highest BCUT2D eigenvalue weighted by Gasteiger charge is 2.26. The van der Waals surface area contributed by atoms with E-state index >= 15 is 0 Å². The molecular formula is C11H26N2O2. The third-order valence-corrected chi connectivity index (χ3v) is 3.32. The van der Waals surface area contributed by atoms with Crippen molar-refractivity contribution in [1.82, 2.24) is 4.90 Å². The Bertz CT molecular complexity index is 135. The summed E-state index contributed by atoms with van der Waals surface area (Å²) in [7, 11) is 0. The Morgan fingerprint density at radius 3 is 1.80 bits per heavy atom. The molecule has 0 bridgehead atoms. The van der Waals surface area contributed by atoms with Crippen LogP contribution < -0.4 is 5.73 Å². The van der Waals surface area contributed by atoms with Gasteiger partial charge in [0.2, 0.25) is 0 Å². The molecule has 0 heterocycles. The summed E-state index contributed by atoms with van der Waals surface area (Å²) in [5.74, 6) is 0. The Balaban J connectivity index is 4.30. The van der Waals surface area contributed by atoms with Gasteiger partial charge >= 0.3 is 0 Å². The smallest absolute Gasteiger partial charge is 0.0558 e. The molecule has 15 heavy (non-hydrogen) atoms. The lowest BCUT2D eigenvalue weighted by Gasteiger charge is -2.36. The second kappa shape index (κ2) is 8.05. The van der Waals surface area contributed by atoms with Crippen molar-refractivity contribution in [3.8, 4) is 0 Å². The van der Waals surface area contributed by atoms with Gasteiger partial charge < -0.3 is 15.9 Å². The Hall–Kier alpha value is -0.160. The van der Waals surface area contributed by atoms with E-state index in [2.05, 4.69) is 18.7 Å². The Kier molecular flexibility index (Phi) is 7.96. The maximum atomic E-state index is 8.92. The lowest BCUT2D eigenvalue weighted by atomic mass is 9.82. The first-order valence-electron chi connectivity index (χ1n) is 5.82. The van der Waals surface area contributed by atoms with Crippen molar-refractivity contribution in [2.45, 2.75) is 26.7 Å². The van der Waals surface area contributed by atoms with E-state index in [1.54, 1.807) is 0 Å². The molecular weight excluding hydrogens is 192 g/mol. The lowest BCUT2D eigenvalue weighted by Crippen LogP contribution is -2.44. The maximum absolute atomic E-state index is 8.92. The van der Waals surface area contributed by atoms with Crippen LogP contribution in [-0.2, 0) is 0 Å². The molecule has 0 aliphatic rings. The van der Waals surface area contributed by atoms with E-state index in [1.807, 2.05) is 0 Å². The second-order valence-electron chi connectivity index (χ2n) is 4.13. The van der Waals surface area contributed by atoms with E-state index in [0.717, 1.165) is 19.4 Å². The third-order valence-electron chi connectivity index (χ3n) is 3.32. The zero-order valence-electron chi connectivity index (χ0n) is 10.1. The molecule has 0 fully saturated rings. The number of nitrogens with two attached hydrogens (primary N) is 1. The maximum Gasteiger partial charge on any atom is 0.0558 e. The molecule has 0 aromatic carbocycles. The minimum absolute atomic E-state index is 0.129. The van der Waals surface area contributed by atoms with Crippen LogP contribution in [0.3, 0.4) is 0 Å². The van der Waals surface area contributed by atoms with Gasteiger partial charge in [0.05, 0.1) is 13.2 Å². The number of hydrogen-bond acceptors (Lipinski definition) is 4. The average Bonchev–Trinajstić information content (AvgIpc) is 2.27. The van der Waals surface area contributed by atoms with Gasteiger partial charge in [-0.15, -0.1) is 0 Å². The molecule has 92 valence electrons. The van der Waals surface area contributed by atoms with Gasteiger partial charge in [0.15, 0.2) is 0 Å². The molecule has 4 N–H and O–H groups in total. The summed E-state index contributed by atoms with van der Waals surface area (Å²) in [5.41, 5.74) is 5.95. The van der Waals surface area contributed by atoms with Crippen molar-refractivity contribution in [3.05, 3.63) is 0 Å². The van der Waals surface area contributed by atoms with E-state index < -0.39 is 0 Å².